The number of oxime groups is 1. The van der Waals surface area contributed by atoms with Crippen LogP contribution in [0.5, 0.6) is 0 Å². The molecule has 0 saturated heterocycles. The van der Waals surface area contributed by atoms with Crippen molar-refractivity contribution < 1.29 is 33.1 Å². The Kier molecular flexibility index (Phi) is 5.09. The summed E-state index contributed by atoms with van der Waals surface area (Å²) in [6.45, 7) is -0.292. The van der Waals surface area contributed by atoms with E-state index < -0.39 is 17.6 Å². The van der Waals surface area contributed by atoms with Gasteiger partial charge in [0.2, 0.25) is 0 Å². The minimum Gasteiger partial charge on any atom is -0.477 e. The van der Waals surface area contributed by atoms with Crippen molar-refractivity contribution in [3.63, 3.8) is 0 Å². The predicted octanol–water partition coefficient (Wildman–Crippen LogP) is 5.13. The number of nitrogens with zero attached hydrogens (tertiary/aromatic N) is 2. The number of hydrogen-bond donors (Lipinski definition) is 2. The second kappa shape index (κ2) is 8.11. The average molecular weight is 462 g/mol. The van der Waals surface area contributed by atoms with Crippen LogP contribution in [-0.4, -0.2) is 32.8 Å². The number of aromatic carboxylic acids is 1. The van der Waals surface area contributed by atoms with E-state index in [0.717, 1.165) is 18.3 Å². The first-order valence-electron chi connectivity index (χ1n) is 10.2. The van der Waals surface area contributed by atoms with Crippen LogP contribution in [0.15, 0.2) is 64.4 Å². The number of carboxylic acid groups (broad SMARTS) is 1. The highest BCUT2D eigenvalue weighted by Gasteiger charge is 2.31. The summed E-state index contributed by atoms with van der Waals surface area (Å²) < 4.78 is 36.4. The van der Waals surface area contributed by atoms with Gasteiger partial charge in [-0.15, -0.1) is 0 Å². The first-order valence-corrected chi connectivity index (χ1v) is 10.2. The molecule has 0 atom stereocenters. The minimum absolute atomic E-state index is 0.0761. The van der Waals surface area contributed by atoms with Crippen LogP contribution in [0.25, 0.3) is 27.4 Å². The average Bonchev–Trinajstić information content (AvgIpc) is 3.40. The molecule has 0 saturated carbocycles. The molecule has 1 aliphatic carbocycles. The number of carboxylic acids is 1. The molecule has 2 N–H and O–H groups in total. The second-order valence-corrected chi connectivity index (χ2v) is 7.76. The van der Waals surface area contributed by atoms with Gasteiger partial charge in [0.05, 0.1) is 35.3 Å². The number of carbonyl (C=O) groups is 2. The van der Waals surface area contributed by atoms with Crippen molar-refractivity contribution in [1.29, 1.82) is 0 Å². The van der Waals surface area contributed by atoms with Crippen molar-refractivity contribution in [1.82, 2.24) is 4.57 Å². The number of fused-ring (bicyclic) bond motifs is 3. The highest BCUT2D eigenvalue weighted by atomic mass is 19.1. The number of aromatic nitrogens is 1. The molecule has 4 aromatic rings. The molecule has 34 heavy (non-hydrogen) atoms. The molecule has 170 valence electrons. The Morgan fingerprint density at radius 2 is 2.03 bits per heavy atom. The van der Waals surface area contributed by atoms with E-state index in [1.54, 1.807) is 12.2 Å². The molecule has 0 aliphatic heterocycles. The molecule has 0 unspecified atom stereocenters. The molecule has 2 heterocycles. The normalized spacial score (nSPS) is 13.9. The molecule has 0 fully saturated rings. The van der Waals surface area contributed by atoms with Gasteiger partial charge in [0, 0.05) is 23.1 Å². The smallest absolute Gasteiger partial charge is 0.353 e. The second-order valence-electron chi connectivity index (χ2n) is 7.76. The van der Waals surface area contributed by atoms with Crippen molar-refractivity contribution in [2.75, 3.05) is 0 Å². The van der Waals surface area contributed by atoms with E-state index in [-0.39, 0.29) is 63.0 Å². The number of halogens is 2. The van der Waals surface area contributed by atoms with E-state index >= 15 is 0 Å². The highest BCUT2D eigenvalue weighted by molar-refractivity contribution is 6.29. The Labute approximate surface area is 190 Å². The molecule has 5 rings (SSSR count). The maximum Gasteiger partial charge on any atom is 0.353 e. The fourth-order valence-electron chi connectivity index (χ4n) is 4.35. The molecule has 9 heteroatoms. The van der Waals surface area contributed by atoms with Crippen LogP contribution in [-0.2, 0) is 11.3 Å². The summed E-state index contributed by atoms with van der Waals surface area (Å²) in [6.07, 6.45) is 7.27. The Hall–Kier alpha value is -4.53. The number of hydrogen-bond acceptors (Lipinski definition) is 5. The van der Waals surface area contributed by atoms with Gasteiger partial charge in [-0.1, -0.05) is 29.5 Å². The first kappa shape index (κ1) is 21.3. The topological polar surface area (TPSA) is 105 Å². The summed E-state index contributed by atoms with van der Waals surface area (Å²) in [6, 6.07) is 6.51. The van der Waals surface area contributed by atoms with Crippen LogP contribution in [0.2, 0.25) is 0 Å². The number of Topliss-reactive ketones (excluding diaryl/α,β-unsaturated/α-hetero) is 1. The molecule has 2 aromatic carbocycles. The standard InChI is InChI=1S/C25H16F2N2O5/c26-17-6-5-13(11-28-33)9-14(17)12-29-19-10-18(27)15-7-8-34-24(15)22(19)21(23(29)25(31)32)16-3-1-2-4-20(16)30/h1-3,5-11,33H,4,12H2,(H,31,32)/b28-11-. The molecule has 2 aromatic heterocycles. The van der Waals surface area contributed by atoms with E-state index in [2.05, 4.69) is 5.16 Å². The van der Waals surface area contributed by atoms with E-state index in [1.165, 1.54) is 35.1 Å². The van der Waals surface area contributed by atoms with Crippen molar-refractivity contribution >= 4 is 45.4 Å². The molecule has 1 aliphatic rings. The summed E-state index contributed by atoms with van der Waals surface area (Å²) in [7, 11) is 0. The lowest BCUT2D eigenvalue weighted by molar-refractivity contribution is -0.113. The molecular weight excluding hydrogens is 446 g/mol. The number of carbonyl (C=O) groups excluding carboxylic acids is 1. The summed E-state index contributed by atoms with van der Waals surface area (Å²) in [4.78, 5) is 25.3. The van der Waals surface area contributed by atoms with Gasteiger partial charge in [-0.05, 0) is 29.8 Å². The third-order valence-electron chi connectivity index (χ3n) is 5.80. The number of furan rings is 1. The summed E-state index contributed by atoms with van der Waals surface area (Å²) in [5.41, 5.74) is 0.621. The molecule has 7 nitrogen and oxygen atoms in total. The van der Waals surface area contributed by atoms with Crippen LogP contribution >= 0.6 is 0 Å². The third kappa shape index (κ3) is 3.29. The van der Waals surface area contributed by atoms with E-state index in [0.29, 0.717) is 5.56 Å². The van der Waals surface area contributed by atoms with Crippen LogP contribution in [0.3, 0.4) is 0 Å². The van der Waals surface area contributed by atoms with Gasteiger partial charge in [-0.2, -0.15) is 0 Å². The molecule has 0 spiro atoms. The number of benzene rings is 2. The van der Waals surface area contributed by atoms with E-state index in [4.69, 9.17) is 9.62 Å². The number of allylic oxidation sites excluding steroid dienone is 4. The zero-order valence-corrected chi connectivity index (χ0v) is 17.5. The minimum atomic E-state index is -1.37. The van der Waals surface area contributed by atoms with E-state index in [9.17, 15) is 23.5 Å². The lowest BCUT2D eigenvalue weighted by atomic mass is 9.93. The van der Waals surface area contributed by atoms with Crippen LogP contribution in [0.1, 0.15) is 33.6 Å². The van der Waals surface area contributed by atoms with Gasteiger partial charge in [0.25, 0.3) is 0 Å². The highest BCUT2D eigenvalue weighted by Crippen LogP contribution is 2.40. The maximum absolute atomic E-state index is 14.9. The van der Waals surface area contributed by atoms with Gasteiger partial charge >= 0.3 is 5.97 Å². The lowest BCUT2D eigenvalue weighted by Crippen LogP contribution is -2.14. The Morgan fingerprint density at radius 3 is 2.76 bits per heavy atom. The van der Waals surface area contributed by atoms with Gasteiger partial charge in [0.15, 0.2) is 5.78 Å². The van der Waals surface area contributed by atoms with Crippen molar-refractivity contribution in [3.05, 3.63) is 88.8 Å². The number of rotatable bonds is 5. The summed E-state index contributed by atoms with van der Waals surface area (Å²) in [5, 5.41) is 22.3. The summed E-state index contributed by atoms with van der Waals surface area (Å²) in [5.74, 6) is -2.96. The van der Waals surface area contributed by atoms with E-state index in [1.807, 2.05) is 0 Å². The van der Waals surface area contributed by atoms with Crippen LogP contribution in [0.4, 0.5) is 8.78 Å². The van der Waals surface area contributed by atoms with Crippen molar-refractivity contribution in [2.24, 2.45) is 5.16 Å². The lowest BCUT2D eigenvalue weighted by Gasteiger charge is -2.12. The first-order chi connectivity index (χ1) is 16.4. The zero-order valence-electron chi connectivity index (χ0n) is 17.5. The summed E-state index contributed by atoms with van der Waals surface area (Å²) >= 11 is 0. The van der Waals surface area contributed by atoms with Gasteiger partial charge < -0.3 is 19.3 Å². The zero-order chi connectivity index (χ0) is 24.0. The predicted molar refractivity (Wildman–Crippen MR) is 120 cm³/mol. The van der Waals surface area contributed by atoms with Crippen molar-refractivity contribution in [3.8, 4) is 0 Å². The Morgan fingerprint density at radius 1 is 1.21 bits per heavy atom. The number of ketones is 1. The molecule has 0 amide bonds. The third-order valence-corrected chi connectivity index (χ3v) is 5.80. The fourth-order valence-corrected chi connectivity index (χ4v) is 4.35. The van der Waals surface area contributed by atoms with Crippen LogP contribution in [0, 0.1) is 11.6 Å². The Bertz CT molecular complexity index is 1590. The molecule has 0 radical (unpaired) electrons. The van der Waals surface area contributed by atoms with Gasteiger partial charge in [-0.3, -0.25) is 4.79 Å². The quantitative estimate of drug-likeness (QED) is 0.243. The van der Waals surface area contributed by atoms with Gasteiger partial charge in [0.1, 0.15) is 22.9 Å². The van der Waals surface area contributed by atoms with Crippen molar-refractivity contribution in [2.45, 2.75) is 13.0 Å². The largest absolute Gasteiger partial charge is 0.477 e. The molecular formula is C25H16F2N2O5. The Balaban J connectivity index is 1.88. The molecule has 0 bridgehead atoms. The van der Waals surface area contributed by atoms with Gasteiger partial charge in [-0.25, -0.2) is 13.6 Å². The monoisotopic (exact) mass is 462 g/mol. The SMILES string of the molecule is O=C1CC=CC=C1c1c(C(=O)O)n(Cc2cc(/C=N\O)ccc2F)c2cc(F)c3ccoc3c12. The fraction of sp³-hybridized carbons (Fsp3) is 0.0800. The maximum atomic E-state index is 14.9. The van der Waals surface area contributed by atoms with Crippen LogP contribution < -0.4 is 0 Å².